The number of carbonyl (C=O) groups excluding carboxylic acids is 2. The first kappa shape index (κ1) is 12.7. The van der Waals surface area contributed by atoms with Gasteiger partial charge in [-0.25, -0.2) is 0 Å². The van der Waals surface area contributed by atoms with Gasteiger partial charge in [0.2, 0.25) is 0 Å². The van der Waals surface area contributed by atoms with Gasteiger partial charge in [-0.2, -0.15) is 0 Å². The van der Waals surface area contributed by atoms with Gasteiger partial charge in [0, 0.05) is 24.0 Å². The molecule has 0 fully saturated rings. The lowest BCUT2D eigenvalue weighted by molar-refractivity contribution is 0.0954. The number of carbonyl (C=O) groups is 2. The molecule has 0 radical (unpaired) electrons. The highest BCUT2D eigenvalue weighted by Gasteiger charge is 2.16. The van der Waals surface area contributed by atoms with Crippen LogP contribution in [-0.4, -0.2) is 11.6 Å². The number of benzene rings is 1. The third-order valence-corrected chi connectivity index (χ3v) is 3.39. The van der Waals surface area contributed by atoms with E-state index in [4.69, 9.17) is 0 Å². The lowest BCUT2D eigenvalue weighted by atomic mass is 9.96. The van der Waals surface area contributed by atoms with Gasteiger partial charge in [-0.05, 0) is 26.2 Å². The highest BCUT2D eigenvalue weighted by atomic mass is 16.1. The van der Waals surface area contributed by atoms with Gasteiger partial charge in [0.15, 0.2) is 11.6 Å². The van der Waals surface area contributed by atoms with Gasteiger partial charge in [0.25, 0.3) is 0 Å². The molecule has 2 heteroatoms. The van der Waals surface area contributed by atoms with Crippen LogP contribution in [0.2, 0.25) is 0 Å². The number of rotatable bonds is 0. The Bertz CT molecular complexity index is 498. The maximum atomic E-state index is 12.1. The maximum absolute atomic E-state index is 12.1. The maximum Gasteiger partial charge on any atom is 0.167 e. The van der Waals surface area contributed by atoms with Crippen molar-refractivity contribution in [2.45, 2.75) is 39.0 Å². The van der Waals surface area contributed by atoms with E-state index < -0.39 is 0 Å². The van der Waals surface area contributed by atoms with E-state index in [1.807, 2.05) is 18.2 Å². The van der Waals surface area contributed by atoms with Crippen LogP contribution in [0.3, 0.4) is 0 Å². The van der Waals surface area contributed by atoms with E-state index in [1.165, 1.54) is 5.57 Å². The van der Waals surface area contributed by atoms with Crippen LogP contribution in [0.15, 0.2) is 35.9 Å². The molecular weight excluding hydrogens is 224 g/mol. The Labute approximate surface area is 108 Å². The second-order valence-electron chi connectivity index (χ2n) is 4.85. The summed E-state index contributed by atoms with van der Waals surface area (Å²) in [5.41, 5.74) is 2.42. The molecule has 0 spiro atoms. The molecule has 0 saturated carbocycles. The van der Waals surface area contributed by atoms with E-state index in [9.17, 15) is 9.59 Å². The lowest BCUT2D eigenvalue weighted by Crippen LogP contribution is -2.08. The largest absolute Gasteiger partial charge is 0.294 e. The van der Waals surface area contributed by atoms with E-state index >= 15 is 0 Å². The van der Waals surface area contributed by atoms with Gasteiger partial charge in [0.05, 0.1) is 0 Å². The Hall–Kier alpha value is -1.70. The first-order chi connectivity index (χ1) is 8.68. The van der Waals surface area contributed by atoms with Crippen molar-refractivity contribution in [3.05, 3.63) is 47.0 Å². The second-order valence-corrected chi connectivity index (χ2v) is 4.85. The molecule has 0 aromatic heterocycles. The van der Waals surface area contributed by atoms with Crippen molar-refractivity contribution in [3.63, 3.8) is 0 Å². The van der Waals surface area contributed by atoms with E-state index in [1.54, 1.807) is 12.1 Å². The molecule has 1 aromatic rings. The molecule has 1 aromatic carbocycles. The number of Topliss-reactive ketones (excluding diaryl/α,β-unsaturated/α-hetero) is 2. The van der Waals surface area contributed by atoms with Crippen LogP contribution in [0.1, 0.15) is 59.7 Å². The van der Waals surface area contributed by atoms with E-state index in [-0.39, 0.29) is 11.6 Å². The number of hydrogen-bond donors (Lipinski definition) is 0. The molecular formula is C16H18O2. The molecule has 2 nitrogen and oxygen atoms in total. The molecule has 0 unspecified atom stereocenters. The van der Waals surface area contributed by atoms with Gasteiger partial charge in [-0.3, -0.25) is 9.59 Å². The fourth-order valence-electron chi connectivity index (χ4n) is 2.27. The first-order valence-corrected chi connectivity index (χ1v) is 6.49. The van der Waals surface area contributed by atoms with Crippen LogP contribution in [-0.2, 0) is 0 Å². The van der Waals surface area contributed by atoms with Crippen LogP contribution in [0, 0.1) is 0 Å². The zero-order valence-corrected chi connectivity index (χ0v) is 10.7. The Kier molecular flexibility index (Phi) is 4.08. The third kappa shape index (κ3) is 2.95. The van der Waals surface area contributed by atoms with Crippen LogP contribution in [0.25, 0.3) is 0 Å². The number of allylic oxidation sites excluding steroid dienone is 2. The SMILES string of the molecule is C/C1=C/CC(=O)c2ccccc2C(=O)CCCC1. The quantitative estimate of drug-likeness (QED) is 0.645. The summed E-state index contributed by atoms with van der Waals surface area (Å²) in [6.45, 7) is 2.05. The molecule has 0 heterocycles. The Morgan fingerprint density at radius 1 is 0.889 bits per heavy atom. The molecule has 94 valence electrons. The van der Waals surface area contributed by atoms with Crippen LogP contribution < -0.4 is 0 Å². The highest BCUT2D eigenvalue weighted by Crippen LogP contribution is 2.19. The summed E-state index contributed by atoms with van der Waals surface area (Å²) < 4.78 is 0. The molecule has 0 bridgehead atoms. The normalized spacial score (nSPS) is 20.6. The van der Waals surface area contributed by atoms with Crippen molar-refractivity contribution < 1.29 is 9.59 Å². The summed E-state index contributed by atoms with van der Waals surface area (Å²) in [6, 6.07) is 7.17. The van der Waals surface area contributed by atoms with Crippen molar-refractivity contribution in [1.82, 2.24) is 0 Å². The van der Waals surface area contributed by atoms with Crippen molar-refractivity contribution in [2.24, 2.45) is 0 Å². The van der Waals surface area contributed by atoms with E-state index in [0.29, 0.717) is 24.0 Å². The zero-order chi connectivity index (χ0) is 13.0. The smallest absolute Gasteiger partial charge is 0.167 e. The van der Waals surface area contributed by atoms with E-state index in [2.05, 4.69) is 6.92 Å². The average molecular weight is 242 g/mol. The van der Waals surface area contributed by atoms with Crippen LogP contribution >= 0.6 is 0 Å². The number of hydrogen-bond acceptors (Lipinski definition) is 2. The number of ketones is 2. The van der Waals surface area contributed by atoms with Gasteiger partial charge < -0.3 is 0 Å². The van der Waals surface area contributed by atoms with Crippen LogP contribution in [0.5, 0.6) is 0 Å². The zero-order valence-electron chi connectivity index (χ0n) is 10.7. The highest BCUT2D eigenvalue weighted by molar-refractivity contribution is 6.09. The molecule has 0 amide bonds. The van der Waals surface area contributed by atoms with Gasteiger partial charge in [-0.1, -0.05) is 35.9 Å². The van der Waals surface area contributed by atoms with Crippen molar-refractivity contribution >= 4 is 11.6 Å². The summed E-state index contributed by atoms with van der Waals surface area (Å²) in [5, 5.41) is 0. The Balaban J connectivity index is 2.37. The summed E-state index contributed by atoms with van der Waals surface area (Å²) in [7, 11) is 0. The monoisotopic (exact) mass is 242 g/mol. The minimum atomic E-state index is 0.0419. The average Bonchev–Trinajstić information content (AvgIpc) is 2.41. The fraction of sp³-hybridized carbons (Fsp3) is 0.375. The number of fused-ring (bicyclic) bond motifs is 1. The minimum Gasteiger partial charge on any atom is -0.294 e. The third-order valence-electron chi connectivity index (χ3n) is 3.39. The molecule has 18 heavy (non-hydrogen) atoms. The van der Waals surface area contributed by atoms with Gasteiger partial charge in [0.1, 0.15) is 0 Å². The van der Waals surface area contributed by atoms with Crippen molar-refractivity contribution in [3.8, 4) is 0 Å². The topological polar surface area (TPSA) is 34.1 Å². The molecule has 0 atom stereocenters. The Morgan fingerprint density at radius 3 is 2.22 bits per heavy atom. The summed E-state index contributed by atoms with van der Waals surface area (Å²) in [6.07, 6.45) is 5.83. The predicted octanol–water partition coefficient (Wildman–Crippen LogP) is 3.96. The van der Waals surface area contributed by atoms with Crippen molar-refractivity contribution in [1.29, 1.82) is 0 Å². The molecule has 0 aliphatic heterocycles. The van der Waals surface area contributed by atoms with E-state index in [0.717, 1.165) is 19.3 Å². The molecule has 1 aliphatic carbocycles. The van der Waals surface area contributed by atoms with Crippen LogP contribution in [0.4, 0.5) is 0 Å². The Morgan fingerprint density at radius 2 is 1.50 bits per heavy atom. The molecule has 0 N–H and O–H groups in total. The lowest BCUT2D eigenvalue weighted by Gasteiger charge is -2.06. The van der Waals surface area contributed by atoms with Gasteiger partial charge >= 0.3 is 0 Å². The second kappa shape index (κ2) is 5.76. The standard InChI is InChI=1S/C16H18O2/c1-12-6-2-5-9-15(17)13-7-3-4-8-14(13)16(18)11-10-12/h3-4,7-8,10H,2,5-6,9,11H2,1H3/b12-10-. The summed E-state index contributed by atoms with van der Waals surface area (Å²) in [4.78, 5) is 24.2. The predicted molar refractivity (Wildman–Crippen MR) is 71.9 cm³/mol. The molecule has 0 saturated heterocycles. The van der Waals surface area contributed by atoms with Crippen molar-refractivity contribution in [2.75, 3.05) is 0 Å². The fourth-order valence-corrected chi connectivity index (χ4v) is 2.27. The molecule has 2 rings (SSSR count). The summed E-state index contributed by atoms with van der Waals surface area (Å²) >= 11 is 0. The molecule has 1 aliphatic rings. The first-order valence-electron chi connectivity index (χ1n) is 6.49. The summed E-state index contributed by atoms with van der Waals surface area (Å²) in [5.74, 6) is 0.138. The minimum absolute atomic E-state index is 0.0419. The van der Waals surface area contributed by atoms with Gasteiger partial charge in [-0.15, -0.1) is 0 Å².